The van der Waals surface area contributed by atoms with Crippen molar-refractivity contribution in [3.05, 3.63) is 485 Å². The first kappa shape index (κ1) is 89.9. The molecule has 0 saturated carbocycles. The van der Waals surface area contributed by atoms with Crippen LogP contribution in [0.1, 0.15) is 20.4 Å². The topological polar surface area (TPSA) is 168 Å². The summed E-state index contributed by atoms with van der Waals surface area (Å²) in [6.45, 7) is 0. The van der Waals surface area contributed by atoms with Crippen LogP contribution in [0.3, 0.4) is 0 Å². The summed E-state index contributed by atoms with van der Waals surface area (Å²) >= 11 is 3.71. The van der Waals surface area contributed by atoms with Crippen molar-refractivity contribution in [3.63, 3.8) is 0 Å². The van der Waals surface area contributed by atoms with Gasteiger partial charge in [0.25, 0.3) is 0 Å². The number of hydrogen-bond acceptors (Lipinski definition) is 13. The van der Waals surface area contributed by atoms with Gasteiger partial charge in [0.1, 0.15) is 5.58 Å². The second-order valence-electron chi connectivity index (χ2n) is 36.1. The van der Waals surface area contributed by atoms with Crippen LogP contribution in [0, 0.1) is 11.3 Å². The van der Waals surface area contributed by atoms with E-state index in [0.29, 0.717) is 58.0 Å². The zero-order chi connectivity index (χ0) is 96.7. The van der Waals surface area contributed by atoms with Crippen LogP contribution in [-0.2, 0) is 0 Å². The summed E-state index contributed by atoms with van der Waals surface area (Å²) in [6.07, 6.45) is 0. The SMILES string of the molecule is C.C.N#Cc1cccc(-c2nc(-c3ccccc3)nc(-c3ccc(-n4c5ccccc5c5ccc6c7ccccc7sc6c54)cc3)n2)c1.c1ccc(-c2cccc(-c3nc(-c4ccccc4)nc(-c4ccc(-n5c6ccccc6c6ccc7c8ccccc8oc7c65)cc4)n3)c2)cc1.c1ccc(-c2cccc(-c3nc(-c4ccccc4)nc(-c4ccc(-n5c6ccccc6c6ccc7c8ccccc8sc7c65)cc4)n3)c2)cc1. The maximum Gasteiger partial charge on any atom is 0.164 e. The highest BCUT2D eigenvalue weighted by atomic mass is 32.1. The van der Waals surface area contributed by atoms with E-state index in [4.69, 9.17) is 49.3 Å². The van der Waals surface area contributed by atoms with Crippen LogP contribution in [0.4, 0.5) is 0 Å². The molecule has 0 aliphatic heterocycles. The van der Waals surface area contributed by atoms with Gasteiger partial charge in [-0.2, -0.15) is 5.26 Å². The van der Waals surface area contributed by atoms with Crippen LogP contribution < -0.4 is 0 Å². The van der Waals surface area contributed by atoms with Crippen LogP contribution in [-0.4, -0.2) is 58.6 Å². The van der Waals surface area contributed by atoms with Gasteiger partial charge in [0.2, 0.25) is 0 Å². The third-order valence-corrected chi connectivity index (χ3v) is 29.8. The van der Waals surface area contributed by atoms with E-state index in [1.165, 1.54) is 89.3 Å². The number of hydrogen-bond donors (Lipinski definition) is 0. The smallest absolute Gasteiger partial charge is 0.164 e. The Morgan fingerprint density at radius 3 is 0.831 bits per heavy atom. The summed E-state index contributed by atoms with van der Waals surface area (Å²) in [7, 11) is 0. The molecule has 9 aromatic heterocycles. The second-order valence-corrected chi connectivity index (χ2v) is 38.2. The average molecular weight is 1940 g/mol. The van der Waals surface area contributed by atoms with Gasteiger partial charge in [-0.25, -0.2) is 44.9 Å². The molecule has 0 N–H and O–H groups in total. The lowest BCUT2D eigenvalue weighted by atomic mass is 10.0. The number of fused-ring (bicyclic) bond motifs is 21. The molecule has 0 bridgehead atoms. The van der Waals surface area contributed by atoms with Crippen LogP contribution >= 0.6 is 22.7 Å². The van der Waals surface area contributed by atoms with Crippen LogP contribution in [0.5, 0.6) is 0 Å². The number of nitriles is 1. The minimum Gasteiger partial charge on any atom is -0.454 e. The zero-order valence-corrected chi connectivity index (χ0v) is 79.8. The molecule has 0 aliphatic carbocycles. The molecule has 0 saturated heterocycles. The molecular weight excluding hydrogens is 1850 g/mol. The van der Waals surface area contributed by atoms with Crippen LogP contribution in [0.2, 0.25) is 0 Å². The molecule has 0 amide bonds. The summed E-state index contributed by atoms with van der Waals surface area (Å²) in [5.41, 5.74) is 25.2. The highest BCUT2D eigenvalue weighted by molar-refractivity contribution is 7.27. The molecule has 14 nitrogen and oxygen atoms in total. The fourth-order valence-electron chi connectivity index (χ4n) is 20.5. The van der Waals surface area contributed by atoms with Gasteiger partial charge in [0.15, 0.2) is 58.0 Å². The first-order valence-electron chi connectivity index (χ1n) is 48.4. The van der Waals surface area contributed by atoms with Gasteiger partial charge in [0, 0.05) is 141 Å². The van der Waals surface area contributed by atoms with Crippen molar-refractivity contribution < 1.29 is 4.42 Å². The van der Waals surface area contributed by atoms with E-state index < -0.39 is 0 Å². The van der Waals surface area contributed by atoms with Crippen molar-refractivity contribution in [3.8, 4) is 148 Å². The standard InChI is InChI=1S/C45H28N4O.C45H28N4S.C40H23N5S.2CH4/c2*1-3-12-29(13-4-1)32-16-11-17-33(28-32)45-47-43(30-14-5-2-6-15-30)46-44(48-45)31-22-24-34(25-23-31)49-39-20-9-7-18-35(39)37-26-27-38-36-19-8-10-21-40(36)50-42(38)41(37)49;41-24-25-9-8-12-28(23-25)40-43-38(26-10-2-1-3-11-26)42-39(44-40)27-17-19-29(20-18-27)45-34-15-6-4-13-30(34)32-21-22-33-31-14-5-7-16-35(31)46-37(33)36(32)45;;/h2*1-28H;1-23H;2*1H4. The van der Waals surface area contributed by atoms with E-state index >= 15 is 0 Å². The van der Waals surface area contributed by atoms with Gasteiger partial charge in [-0.15, -0.1) is 22.7 Å². The fourth-order valence-corrected chi connectivity index (χ4v) is 23.0. The molecule has 148 heavy (non-hydrogen) atoms. The Bertz CT molecular complexity index is 9810. The molecule has 9 heterocycles. The molecule has 0 fully saturated rings. The number of para-hydroxylation sites is 4. The largest absolute Gasteiger partial charge is 0.454 e. The van der Waals surface area contributed by atoms with Gasteiger partial charge < -0.3 is 18.1 Å². The molecule has 0 spiro atoms. The van der Waals surface area contributed by atoms with Crippen molar-refractivity contribution in [1.82, 2.24) is 58.6 Å². The number of furan rings is 1. The number of nitrogens with zero attached hydrogens (tertiary/aromatic N) is 13. The van der Waals surface area contributed by atoms with E-state index in [-0.39, 0.29) is 14.9 Å². The molecule has 698 valence electrons. The first-order chi connectivity index (χ1) is 72.3. The summed E-state index contributed by atoms with van der Waals surface area (Å²) in [5, 5.41) is 24.2. The predicted octanol–water partition coefficient (Wildman–Crippen LogP) is 35.0. The Morgan fingerprint density at radius 1 is 0.196 bits per heavy atom. The quantitative estimate of drug-likeness (QED) is 0.102. The molecular formula is C132H87N13OS2. The van der Waals surface area contributed by atoms with E-state index in [2.05, 4.69) is 359 Å². The van der Waals surface area contributed by atoms with Gasteiger partial charge in [0.05, 0.1) is 54.1 Å². The third-order valence-electron chi connectivity index (χ3n) is 27.4. The van der Waals surface area contributed by atoms with E-state index in [0.717, 1.165) is 128 Å². The van der Waals surface area contributed by atoms with Gasteiger partial charge in [-0.05, 0) is 162 Å². The number of thiophene rings is 2. The molecule has 29 aromatic rings. The van der Waals surface area contributed by atoms with Gasteiger partial charge in [-0.3, -0.25) is 0 Å². The van der Waals surface area contributed by atoms with Gasteiger partial charge >= 0.3 is 0 Å². The summed E-state index contributed by atoms with van der Waals surface area (Å²) < 4.78 is 18.8. The Hall–Kier alpha value is -19.4. The Kier molecular flexibility index (Phi) is 23.1. The Balaban J connectivity index is 0.000000115. The predicted molar refractivity (Wildman–Crippen MR) is 614 cm³/mol. The molecule has 0 unspecified atom stereocenters. The number of benzene rings is 20. The molecule has 0 radical (unpaired) electrons. The van der Waals surface area contributed by atoms with E-state index in [1.807, 2.05) is 156 Å². The van der Waals surface area contributed by atoms with Crippen molar-refractivity contribution in [1.29, 1.82) is 5.26 Å². The second kappa shape index (κ2) is 38.1. The molecule has 20 aromatic carbocycles. The summed E-state index contributed by atoms with van der Waals surface area (Å²) in [6, 6.07) is 168. The maximum atomic E-state index is 9.50. The highest BCUT2D eigenvalue weighted by Crippen LogP contribution is 2.48. The highest BCUT2D eigenvalue weighted by Gasteiger charge is 2.26. The normalized spacial score (nSPS) is 11.4. The van der Waals surface area contributed by atoms with Crippen molar-refractivity contribution in [2.24, 2.45) is 0 Å². The van der Waals surface area contributed by atoms with Crippen molar-refractivity contribution in [2.45, 2.75) is 14.9 Å². The Morgan fingerprint density at radius 2 is 0.459 bits per heavy atom. The minimum atomic E-state index is 0. The molecule has 16 heteroatoms. The van der Waals surface area contributed by atoms with Crippen molar-refractivity contribution in [2.75, 3.05) is 0 Å². The Labute approximate surface area is 859 Å². The van der Waals surface area contributed by atoms with Gasteiger partial charge in [-0.1, -0.05) is 355 Å². The van der Waals surface area contributed by atoms with Crippen molar-refractivity contribution >= 4 is 150 Å². The lowest BCUT2D eigenvalue weighted by molar-refractivity contribution is 0.671. The van der Waals surface area contributed by atoms with Crippen LogP contribution in [0.15, 0.2) is 484 Å². The lowest BCUT2D eigenvalue weighted by Crippen LogP contribution is -2.00. The molecule has 0 aliphatic rings. The summed E-state index contributed by atoms with van der Waals surface area (Å²) in [4.78, 5) is 44.7. The van der Waals surface area contributed by atoms with Crippen LogP contribution in [0.25, 0.3) is 270 Å². The lowest BCUT2D eigenvalue weighted by Gasteiger charge is -2.11. The number of rotatable bonds is 14. The minimum absolute atomic E-state index is 0. The summed E-state index contributed by atoms with van der Waals surface area (Å²) in [5.74, 6) is 5.50. The maximum absolute atomic E-state index is 9.50. The first-order valence-corrected chi connectivity index (χ1v) is 50.0. The molecule has 29 rings (SSSR count). The zero-order valence-electron chi connectivity index (χ0n) is 78.1. The third kappa shape index (κ3) is 16.1. The average Bonchev–Trinajstić information content (AvgIpc) is 1.57. The fraction of sp³-hybridized carbons (Fsp3) is 0.0152. The molecule has 0 atom stereocenters. The van der Waals surface area contributed by atoms with E-state index in [1.54, 1.807) is 6.07 Å². The van der Waals surface area contributed by atoms with E-state index in [9.17, 15) is 5.26 Å². The number of aromatic nitrogens is 12. The monoisotopic (exact) mass is 1930 g/mol.